The summed E-state index contributed by atoms with van der Waals surface area (Å²) < 4.78 is 14.7. The maximum atomic E-state index is 13.4. The molecule has 4 rings (SSSR count). The number of benzene rings is 4. The second kappa shape index (κ2) is 11.3. The number of rotatable bonds is 10. The van der Waals surface area contributed by atoms with Gasteiger partial charge in [0.1, 0.15) is 5.75 Å². The molecule has 0 spiro atoms. The van der Waals surface area contributed by atoms with Gasteiger partial charge in [-0.15, -0.1) is 0 Å². The average molecular weight is 535 g/mol. The number of Topliss-reactive ketones (excluding diaryl/α,β-unsaturated/α-hetero) is 2. The van der Waals surface area contributed by atoms with Crippen molar-refractivity contribution >= 4 is 34.8 Å². The molecule has 7 heteroatoms. The zero-order chi connectivity index (χ0) is 26.5. The Labute approximate surface area is 225 Å². The molecule has 0 saturated heterocycles. The highest BCUT2D eigenvalue weighted by Crippen LogP contribution is 2.36. The molecule has 5 nitrogen and oxygen atoms in total. The van der Waals surface area contributed by atoms with Crippen LogP contribution in [0.25, 0.3) is 11.1 Å². The van der Waals surface area contributed by atoms with E-state index in [-0.39, 0.29) is 11.3 Å². The molecule has 0 radical (unpaired) electrons. The van der Waals surface area contributed by atoms with Crippen LogP contribution >= 0.6 is 23.2 Å². The summed E-state index contributed by atoms with van der Waals surface area (Å²) in [6.07, 6.45) is 0. The van der Waals surface area contributed by atoms with Crippen LogP contribution in [0.5, 0.6) is 5.75 Å². The highest BCUT2D eigenvalue weighted by molar-refractivity contribution is 6.59. The molecule has 0 amide bonds. The smallest absolute Gasteiger partial charge is 0.323 e. The topological polar surface area (TPSA) is 61.8 Å². The number of hydrogen-bond acceptors (Lipinski definition) is 5. The van der Waals surface area contributed by atoms with E-state index < -0.39 is 16.1 Å². The minimum absolute atomic E-state index is 0.279. The number of para-hydroxylation sites is 1. The van der Waals surface area contributed by atoms with Crippen molar-refractivity contribution in [3.8, 4) is 16.9 Å². The quantitative estimate of drug-likeness (QED) is 0.123. The van der Waals surface area contributed by atoms with Gasteiger partial charge in [-0.1, -0.05) is 97.1 Å². The van der Waals surface area contributed by atoms with Gasteiger partial charge in [0, 0.05) is 30.9 Å². The van der Waals surface area contributed by atoms with E-state index in [1.807, 2.05) is 12.1 Å². The monoisotopic (exact) mass is 534 g/mol. The highest BCUT2D eigenvalue weighted by atomic mass is 35.5. The number of halogens is 2. The van der Waals surface area contributed by atoms with Gasteiger partial charge >= 0.3 is 4.52 Å². The molecular weight excluding hydrogens is 511 g/mol. The zero-order valence-electron chi connectivity index (χ0n) is 20.2. The van der Waals surface area contributed by atoms with Crippen molar-refractivity contribution in [2.75, 3.05) is 14.2 Å². The summed E-state index contributed by atoms with van der Waals surface area (Å²) >= 11 is 12.7. The van der Waals surface area contributed by atoms with Crippen LogP contribution in [0.15, 0.2) is 109 Å². The van der Waals surface area contributed by atoms with Crippen LogP contribution in [0, 0.1) is 0 Å². The van der Waals surface area contributed by atoms with Crippen molar-refractivity contribution in [3.05, 3.63) is 126 Å². The summed E-state index contributed by atoms with van der Waals surface area (Å²) in [5.41, 5.74) is 2.52. The van der Waals surface area contributed by atoms with E-state index in [1.54, 1.807) is 97.1 Å². The molecule has 0 bridgehead atoms. The largest absolute Gasteiger partial charge is 0.451 e. The van der Waals surface area contributed by atoms with Gasteiger partial charge in [-0.2, -0.15) is 0 Å². The summed E-state index contributed by atoms with van der Waals surface area (Å²) in [5, 5.41) is 0. The third kappa shape index (κ3) is 5.45. The first-order chi connectivity index (χ1) is 17.8. The Morgan fingerprint density at radius 3 is 1.78 bits per heavy atom. The van der Waals surface area contributed by atoms with Gasteiger partial charge in [0.05, 0.1) is 0 Å². The predicted molar refractivity (Wildman–Crippen MR) is 144 cm³/mol. The van der Waals surface area contributed by atoms with Gasteiger partial charge in [0.15, 0.2) is 0 Å². The molecule has 0 saturated carbocycles. The third-order valence-corrected chi connectivity index (χ3v) is 6.41. The number of ether oxygens (including phenoxy) is 3. The number of carbonyl (C=O) groups excluding carboxylic acids is 2. The molecule has 0 aliphatic carbocycles. The van der Waals surface area contributed by atoms with Crippen molar-refractivity contribution in [2.24, 2.45) is 0 Å². The fourth-order valence-corrected chi connectivity index (χ4v) is 4.44. The van der Waals surface area contributed by atoms with Crippen LogP contribution in [0.1, 0.15) is 26.3 Å². The van der Waals surface area contributed by atoms with E-state index in [9.17, 15) is 9.59 Å². The number of hydrogen-bond donors (Lipinski definition) is 0. The van der Waals surface area contributed by atoms with Gasteiger partial charge in [-0.25, -0.2) is 0 Å². The molecule has 0 heterocycles. The molecule has 0 aliphatic rings. The van der Waals surface area contributed by atoms with Gasteiger partial charge in [-0.05, 0) is 46.5 Å². The van der Waals surface area contributed by atoms with Gasteiger partial charge < -0.3 is 14.2 Å². The molecule has 0 aliphatic heterocycles. The lowest BCUT2D eigenvalue weighted by molar-refractivity contribution is -0.176. The second-order valence-corrected chi connectivity index (χ2v) is 9.36. The molecule has 4 aromatic rings. The fourth-order valence-electron chi connectivity index (χ4n) is 4.06. The molecule has 4 aromatic carbocycles. The van der Waals surface area contributed by atoms with E-state index in [4.69, 9.17) is 37.4 Å². The van der Waals surface area contributed by atoms with E-state index in [0.717, 1.165) is 0 Å². The van der Waals surface area contributed by atoms with Crippen LogP contribution in [0.4, 0.5) is 0 Å². The summed E-state index contributed by atoms with van der Waals surface area (Å²) in [4.78, 5) is 26.7. The first-order valence-corrected chi connectivity index (χ1v) is 12.1. The van der Waals surface area contributed by atoms with E-state index in [0.29, 0.717) is 28.0 Å². The van der Waals surface area contributed by atoms with E-state index in [2.05, 4.69) is 0 Å². The Balaban J connectivity index is 1.67. The minimum atomic E-state index is -2.14. The SMILES string of the molecule is COC(OC)(C(=O)c1ccccc1)c1ccc(-c2ccccc2C(=O)C(Cl)(Cl)Oc2ccccc2)cc1. The van der Waals surface area contributed by atoms with Crippen LogP contribution in [-0.4, -0.2) is 30.3 Å². The Kier molecular flexibility index (Phi) is 8.10. The molecule has 0 N–H and O–H groups in total. The highest BCUT2D eigenvalue weighted by Gasteiger charge is 2.42. The summed E-state index contributed by atoms with van der Waals surface area (Å²) in [7, 11) is 2.83. The second-order valence-electron chi connectivity index (χ2n) is 8.10. The summed E-state index contributed by atoms with van der Waals surface area (Å²) in [5.74, 6) is -2.23. The Morgan fingerprint density at radius 2 is 1.19 bits per heavy atom. The maximum absolute atomic E-state index is 13.4. The molecule has 0 aromatic heterocycles. The summed E-state index contributed by atoms with van der Waals surface area (Å²) in [6, 6.07) is 31.3. The van der Waals surface area contributed by atoms with Crippen molar-refractivity contribution in [1.29, 1.82) is 0 Å². The number of alkyl halides is 2. The number of ketones is 2. The van der Waals surface area contributed by atoms with Crippen molar-refractivity contribution in [1.82, 2.24) is 0 Å². The normalized spacial score (nSPS) is 11.7. The standard InChI is InChI=1S/C30H24Cl2O5/c1-35-29(36-2,27(33)22-11-5-3-6-12-22)23-19-17-21(18-20-23)25-15-9-10-16-26(25)28(34)30(31,32)37-24-13-7-4-8-14-24/h3-20H,1-2H3. The maximum Gasteiger partial charge on any atom is 0.323 e. The van der Waals surface area contributed by atoms with Crippen LogP contribution < -0.4 is 4.74 Å². The van der Waals surface area contributed by atoms with Crippen LogP contribution in [0.3, 0.4) is 0 Å². The predicted octanol–water partition coefficient (Wildman–Crippen LogP) is 7.08. The van der Waals surface area contributed by atoms with Gasteiger partial charge in [-0.3, -0.25) is 9.59 Å². The van der Waals surface area contributed by atoms with E-state index >= 15 is 0 Å². The molecule has 0 atom stereocenters. The lowest BCUT2D eigenvalue weighted by Gasteiger charge is -2.30. The Morgan fingerprint density at radius 1 is 0.649 bits per heavy atom. The number of carbonyl (C=O) groups is 2. The molecule has 0 fully saturated rings. The van der Waals surface area contributed by atoms with Crippen molar-refractivity contribution in [3.63, 3.8) is 0 Å². The average Bonchev–Trinajstić information content (AvgIpc) is 2.94. The van der Waals surface area contributed by atoms with Gasteiger partial charge in [0.2, 0.25) is 11.6 Å². The first kappa shape index (κ1) is 26.6. The Bertz CT molecular complexity index is 1370. The first-order valence-electron chi connectivity index (χ1n) is 11.4. The zero-order valence-corrected chi connectivity index (χ0v) is 21.7. The molecule has 0 unspecified atom stereocenters. The molecule has 37 heavy (non-hydrogen) atoms. The molecular formula is C30H24Cl2O5. The minimum Gasteiger partial charge on any atom is -0.451 e. The summed E-state index contributed by atoms with van der Waals surface area (Å²) in [6.45, 7) is 0. The lowest BCUT2D eigenvalue weighted by Crippen LogP contribution is -2.40. The van der Waals surface area contributed by atoms with E-state index in [1.165, 1.54) is 14.2 Å². The van der Waals surface area contributed by atoms with Crippen molar-refractivity contribution < 1.29 is 23.8 Å². The van der Waals surface area contributed by atoms with Crippen LogP contribution in [0.2, 0.25) is 0 Å². The van der Waals surface area contributed by atoms with Crippen molar-refractivity contribution in [2.45, 2.75) is 10.3 Å². The Hall–Kier alpha value is -3.48. The molecule has 188 valence electrons. The fraction of sp³-hybridized carbons (Fsp3) is 0.133. The lowest BCUT2D eigenvalue weighted by atomic mass is 9.92. The third-order valence-electron chi connectivity index (χ3n) is 5.91. The number of methoxy groups -OCH3 is 2. The van der Waals surface area contributed by atoms with Crippen LogP contribution in [-0.2, 0) is 15.3 Å². The van der Waals surface area contributed by atoms with Gasteiger partial charge in [0.25, 0.3) is 5.79 Å².